The number of nitrogens with zero attached hydrogens (tertiary/aromatic N) is 1. The zero-order valence-electron chi connectivity index (χ0n) is 12.1. The van der Waals surface area contributed by atoms with Gasteiger partial charge in [0.05, 0.1) is 6.04 Å². The molecule has 4 heteroatoms. The summed E-state index contributed by atoms with van der Waals surface area (Å²) in [5, 5.41) is 0. The van der Waals surface area contributed by atoms with Gasteiger partial charge in [0.2, 0.25) is 5.91 Å². The summed E-state index contributed by atoms with van der Waals surface area (Å²) in [5.41, 5.74) is 1.74. The van der Waals surface area contributed by atoms with Crippen molar-refractivity contribution >= 4 is 12.0 Å². The number of likely N-dealkylation sites (tertiary alicyclic amines) is 1. The highest BCUT2D eigenvalue weighted by molar-refractivity contribution is 5.95. The van der Waals surface area contributed by atoms with Crippen LogP contribution in [0.4, 0.5) is 4.79 Å². The van der Waals surface area contributed by atoms with E-state index in [2.05, 4.69) is 6.07 Å². The first kappa shape index (κ1) is 13.2. The fraction of sp³-hybridized carbons (Fsp3) is 0.500. The molecule has 1 saturated heterocycles. The van der Waals surface area contributed by atoms with E-state index in [0.29, 0.717) is 6.42 Å². The van der Waals surface area contributed by atoms with E-state index in [4.69, 9.17) is 4.74 Å². The van der Waals surface area contributed by atoms with Crippen molar-refractivity contribution in [1.82, 2.24) is 4.90 Å². The second-order valence-electron chi connectivity index (χ2n) is 6.56. The van der Waals surface area contributed by atoms with Crippen LogP contribution in [0, 0.1) is 5.92 Å². The third-order valence-electron chi connectivity index (χ3n) is 3.88. The minimum Gasteiger partial charge on any atom is -0.443 e. The number of rotatable bonds is 0. The van der Waals surface area contributed by atoms with Crippen molar-refractivity contribution in [3.05, 3.63) is 35.4 Å². The van der Waals surface area contributed by atoms with Crippen molar-refractivity contribution < 1.29 is 14.3 Å². The molecule has 1 heterocycles. The molecule has 106 valence electrons. The molecule has 0 radical (unpaired) electrons. The summed E-state index contributed by atoms with van der Waals surface area (Å²) < 4.78 is 5.38. The Kier molecular flexibility index (Phi) is 2.85. The first-order valence-electron chi connectivity index (χ1n) is 6.99. The van der Waals surface area contributed by atoms with Gasteiger partial charge in [0.1, 0.15) is 5.60 Å². The molecule has 0 aromatic heterocycles. The van der Waals surface area contributed by atoms with Gasteiger partial charge in [-0.2, -0.15) is 0 Å². The fourth-order valence-electron chi connectivity index (χ4n) is 3.19. The highest BCUT2D eigenvalue weighted by atomic mass is 16.6. The molecule has 0 unspecified atom stereocenters. The lowest BCUT2D eigenvalue weighted by Gasteiger charge is -2.27. The predicted molar refractivity (Wildman–Crippen MR) is 74.1 cm³/mol. The number of hydrogen-bond acceptors (Lipinski definition) is 3. The second-order valence-corrected chi connectivity index (χ2v) is 6.56. The SMILES string of the molecule is CC(C)(C)OC(=O)N1C(=O)C[C@H]2Cc3ccccc3[C@H]21. The molecule has 2 amide bonds. The van der Waals surface area contributed by atoms with E-state index >= 15 is 0 Å². The summed E-state index contributed by atoms with van der Waals surface area (Å²) in [4.78, 5) is 25.8. The quantitative estimate of drug-likeness (QED) is 0.730. The Labute approximate surface area is 118 Å². The summed E-state index contributed by atoms with van der Waals surface area (Å²) in [6.07, 6.45) is 0.775. The molecule has 1 aromatic rings. The van der Waals surface area contributed by atoms with Crippen LogP contribution in [0.5, 0.6) is 0 Å². The number of amides is 2. The number of ether oxygens (including phenoxy) is 1. The first-order valence-corrected chi connectivity index (χ1v) is 6.99. The first-order chi connectivity index (χ1) is 9.37. The number of hydrogen-bond donors (Lipinski definition) is 0. The molecule has 3 rings (SSSR count). The lowest BCUT2D eigenvalue weighted by molar-refractivity contribution is -0.128. The summed E-state index contributed by atoms with van der Waals surface area (Å²) >= 11 is 0. The molecule has 1 aliphatic carbocycles. The lowest BCUT2D eigenvalue weighted by atomic mass is 10.0. The van der Waals surface area contributed by atoms with E-state index in [0.717, 1.165) is 12.0 Å². The average molecular weight is 273 g/mol. The van der Waals surface area contributed by atoms with E-state index in [1.165, 1.54) is 10.5 Å². The monoisotopic (exact) mass is 273 g/mol. The van der Waals surface area contributed by atoms with Gasteiger partial charge in [-0.1, -0.05) is 24.3 Å². The molecule has 0 spiro atoms. The average Bonchev–Trinajstić information content (AvgIpc) is 2.80. The van der Waals surface area contributed by atoms with E-state index in [1.807, 2.05) is 39.0 Å². The maximum Gasteiger partial charge on any atom is 0.417 e. The summed E-state index contributed by atoms with van der Waals surface area (Å²) in [6.45, 7) is 5.43. The van der Waals surface area contributed by atoms with Crippen LogP contribution in [-0.4, -0.2) is 22.5 Å². The molecule has 1 aliphatic heterocycles. The Balaban J connectivity index is 1.92. The molecule has 20 heavy (non-hydrogen) atoms. The van der Waals surface area contributed by atoms with Gasteiger partial charge in [-0.3, -0.25) is 4.79 Å². The van der Waals surface area contributed by atoms with Crippen LogP contribution >= 0.6 is 0 Å². The van der Waals surface area contributed by atoms with Gasteiger partial charge in [-0.25, -0.2) is 9.69 Å². The normalized spacial score (nSPS) is 24.6. The molecule has 0 N–H and O–H groups in total. The Morgan fingerprint density at radius 3 is 2.65 bits per heavy atom. The zero-order valence-corrected chi connectivity index (χ0v) is 12.1. The van der Waals surface area contributed by atoms with E-state index in [-0.39, 0.29) is 17.9 Å². The minimum atomic E-state index is -0.590. The van der Waals surface area contributed by atoms with Crippen molar-refractivity contribution in [2.45, 2.75) is 45.3 Å². The fourth-order valence-corrected chi connectivity index (χ4v) is 3.19. The van der Waals surface area contributed by atoms with Crippen LogP contribution in [-0.2, 0) is 16.0 Å². The molecule has 0 saturated carbocycles. The van der Waals surface area contributed by atoms with E-state index < -0.39 is 11.7 Å². The Hall–Kier alpha value is -1.84. The topological polar surface area (TPSA) is 46.6 Å². The highest BCUT2D eigenvalue weighted by Gasteiger charge is 2.49. The molecule has 2 atom stereocenters. The van der Waals surface area contributed by atoms with Gasteiger partial charge < -0.3 is 4.74 Å². The molecule has 1 aromatic carbocycles. The summed E-state index contributed by atoms with van der Waals surface area (Å²) in [6, 6.07) is 7.89. The van der Waals surface area contributed by atoms with Gasteiger partial charge in [-0.05, 0) is 44.2 Å². The number of imide groups is 1. The predicted octanol–water partition coefficient (Wildman–Crippen LogP) is 3.07. The molecule has 4 nitrogen and oxygen atoms in total. The van der Waals surface area contributed by atoms with Crippen molar-refractivity contribution in [3.63, 3.8) is 0 Å². The molecule has 1 fully saturated rings. The van der Waals surface area contributed by atoms with Crippen LogP contribution in [0.15, 0.2) is 24.3 Å². The van der Waals surface area contributed by atoms with Gasteiger partial charge in [0.15, 0.2) is 0 Å². The standard InChI is InChI=1S/C16H19NO3/c1-16(2,3)20-15(19)17-13(18)9-11-8-10-6-4-5-7-12(10)14(11)17/h4-7,11,14H,8-9H2,1-3H3/t11-,14+/m1/s1. The second kappa shape index (κ2) is 4.33. The number of fused-ring (bicyclic) bond motifs is 3. The number of carbonyl (C=O) groups is 2. The van der Waals surface area contributed by atoms with Gasteiger partial charge in [0, 0.05) is 6.42 Å². The minimum absolute atomic E-state index is 0.122. The Morgan fingerprint density at radius 1 is 1.25 bits per heavy atom. The number of carbonyl (C=O) groups excluding carboxylic acids is 2. The zero-order chi connectivity index (χ0) is 14.5. The maximum atomic E-state index is 12.3. The summed E-state index contributed by atoms with van der Waals surface area (Å²) in [5.74, 6) is 0.0798. The van der Waals surface area contributed by atoms with Crippen LogP contribution in [0.25, 0.3) is 0 Å². The Bertz CT molecular complexity index is 573. The molecular formula is C16H19NO3. The maximum absolute atomic E-state index is 12.3. The van der Waals surface area contributed by atoms with E-state index in [1.54, 1.807) is 0 Å². The number of benzene rings is 1. The molecule has 0 bridgehead atoms. The van der Waals surface area contributed by atoms with Crippen molar-refractivity contribution in [2.75, 3.05) is 0 Å². The van der Waals surface area contributed by atoms with Crippen molar-refractivity contribution in [2.24, 2.45) is 5.92 Å². The van der Waals surface area contributed by atoms with Crippen LogP contribution in [0.1, 0.15) is 44.4 Å². The van der Waals surface area contributed by atoms with Gasteiger partial charge in [0.25, 0.3) is 0 Å². The lowest BCUT2D eigenvalue weighted by Crippen LogP contribution is -2.39. The van der Waals surface area contributed by atoms with Crippen LogP contribution in [0.2, 0.25) is 0 Å². The molecular weight excluding hydrogens is 254 g/mol. The summed E-state index contributed by atoms with van der Waals surface area (Å²) in [7, 11) is 0. The van der Waals surface area contributed by atoms with Crippen molar-refractivity contribution in [1.29, 1.82) is 0 Å². The largest absolute Gasteiger partial charge is 0.443 e. The van der Waals surface area contributed by atoms with E-state index in [9.17, 15) is 9.59 Å². The molecule has 2 aliphatic rings. The van der Waals surface area contributed by atoms with Crippen LogP contribution < -0.4 is 0 Å². The Morgan fingerprint density at radius 2 is 1.95 bits per heavy atom. The third-order valence-corrected chi connectivity index (χ3v) is 3.88. The van der Waals surface area contributed by atoms with Crippen LogP contribution in [0.3, 0.4) is 0 Å². The smallest absolute Gasteiger partial charge is 0.417 e. The third kappa shape index (κ3) is 2.09. The highest BCUT2D eigenvalue weighted by Crippen LogP contribution is 2.47. The van der Waals surface area contributed by atoms with Crippen molar-refractivity contribution in [3.8, 4) is 0 Å². The van der Waals surface area contributed by atoms with Gasteiger partial charge >= 0.3 is 6.09 Å². The van der Waals surface area contributed by atoms with Gasteiger partial charge in [-0.15, -0.1) is 0 Å².